The van der Waals surface area contributed by atoms with E-state index in [1.807, 2.05) is 11.9 Å². The summed E-state index contributed by atoms with van der Waals surface area (Å²) in [5, 5.41) is 10.0. The summed E-state index contributed by atoms with van der Waals surface area (Å²) in [4.78, 5) is 1.97. The van der Waals surface area contributed by atoms with Gasteiger partial charge < -0.3 is 0 Å². The van der Waals surface area contributed by atoms with E-state index in [9.17, 15) is 5.11 Å². The summed E-state index contributed by atoms with van der Waals surface area (Å²) in [5.41, 5.74) is 3.99. The van der Waals surface area contributed by atoms with Gasteiger partial charge in [0.05, 0.1) is 0 Å². The third kappa shape index (κ3) is 2.25. The minimum absolute atomic E-state index is 0.116. The van der Waals surface area contributed by atoms with Crippen LogP contribution < -0.4 is 0 Å². The first-order valence-corrected chi connectivity index (χ1v) is 11.3. The van der Waals surface area contributed by atoms with Crippen LogP contribution in [-0.4, -0.2) is 30.7 Å². The van der Waals surface area contributed by atoms with E-state index in [-0.39, 0.29) is 25.9 Å². The normalized spacial score (nSPS) is 33.2. The van der Waals surface area contributed by atoms with E-state index >= 15 is 0 Å². The van der Waals surface area contributed by atoms with Crippen molar-refractivity contribution in [2.45, 2.75) is 53.4 Å². The van der Waals surface area contributed by atoms with Crippen molar-refractivity contribution in [1.82, 2.24) is 0 Å². The van der Waals surface area contributed by atoms with Gasteiger partial charge in [-0.1, -0.05) is 0 Å². The summed E-state index contributed by atoms with van der Waals surface area (Å²) in [7, 11) is 0. The topological polar surface area (TPSA) is 29.5 Å². The molecule has 0 aliphatic heterocycles. The molecule has 1 spiro atoms. The molecule has 0 amide bonds. The molecule has 3 aliphatic rings. The Morgan fingerprint density at radius 1 is 1.24 bits per heavy atom. The van der Waals surface area contributed by atoms with Crippen LogP contribution in [0.4, 0.5) is 0 Å². The fraction of sp³-hybridized carbons (Fsp3) is 0.591. The molecule has 25 heavy (non-hydrogen) atoms. The number of fused-ring (bicyclic) bond motifs is 4. The molecule has 2 atom stereocenters. The van der Waals surface area contributed by atoms with Gasteiger partial charge in [0.25, 0.3) is 0 Å². The number of ether oxygens (including phenoxy) is 1. The van der Waals surface area contributed by atoms with Gasteiger partial charge in [0, 0.05) is 0 Å². The summed E-state index contributed by atoms with van der Waals surface area (Å²) in [6.45, 7) is 9.92. The Hall–Kier alpha value is -1.05. The van der Waals surface area contributed by atoms with Crippen LogP contribution in [0.15, 0.2) is 35.2 Å². The Labute approximate surface area is 157 Å². The number of rotatable bonds is 3. The van der Waals surface area contributed by atoms with Crippen molar-refractivity contribution in [3.05, 3.63) is 46.3 Å². The fourth-order valence-corrected chi connectivity index (χ4v) is 9.18. The van der Waals surface area contributed by atoms with Crippen molar-refractivity contribution in [3.8, 4) is 0 Å². The average molecular weight is 404 g/mol. The zero-order valence-corrected chi connectivity index (χ0v) is 17.5. The van der Waals surface area contributed by atoms with E-state index in [4.69, 9.17) is 4.74 Å². The van der Waals surface area contributed by atoms with Crippen LogP contribution in [0, 0.1) is 22.2 Å². The van der Waals surface area contributed by atoms with Gasteiger partial charge >= 0.3 is 157 Å². The van der Waals surface area contributed by atoms with E-state index in [0.717, 1.165) is 5.92 Å². The number of benzene rings is 1. The molecule has 0 aromatic heterocycles. The number of aliphatic hydroxyl groups is 1. The number of hydrogen-bond donors (Lipinski definition) is 1. The van der Waals surface area contributed by atoms with Crippen LogP contribution in [0.2, 0.25) is 0 Å². The average Bonchev–Trinajstić information content (AvgIpc) is 3.07. The third-order valence-corrected chi connectivity index (χ3v) is 10.5. The van der Waals surface area contributed by atoms with Gasteiger partial charge in [-0.25, -0.2) is 0 Å². The number of aliphatic hydroxyl groups excluding tert-OH is 1. The molecule has 134 valence electrons. The molecule has 1 N–H and O–H groups in total. The zero-order chi connectivity index (χ0) is 17.9. The summed E-state index contributed by atoms with van der Waals surface area (Å²) >= 11 is 0.169. The van der Waals surface area contributed by atoms with E-state index in [2.05, 4.69) is 45.0 Å². The monoisotopic (exact) mass is 405 g/mol. The molecule has 0 heterocycles. The molecular weight excluding hydrogens is 375 g/mol. The predicted octanol–water partition coefficient (Wildman–Crippen LogP) is 4.50. The second-order valence-corrected chi connectivity index (χ2v) is 10.6. The van der Waals surface area contributed by atoms with Crippen LogP contribution in [0.3, 0.4) is 0 Å². The Kier molecular flexibility index (Phi) is 3.98. The Balaban J connectivity index is 1.83. The van der Waals surface area contributed by atoms with Crippen molar-refractivity contribution in [1.29, 1.82) is 0 Å². The van der Waals surface area contributed by atoms with Crippen LogP contribution in [0.1, 0.15) is 51.7 Å². The molecule has 2 nitrogen and oxygen atoms in total. The molecule has 0 saturated heterocycles. The molecule has 1 aromatic rings. The molecule has 4 rings (SSSR count). The maximum absolute atomic E-state index is 10.0. The van der Waals surface area contributed by atoms with Crippen molar-refractivity contribution in [2.24, 2.45) is 22.2 Å². The molecule has 3 heteroatoms. The van der Waals surface area contributed by atoms with Gasteiger partial charge in [0.2, 0.25) is 0 Å². The SMILES string of the molecule is CCO/C(O)=C/[Se+]=C1C2(Cc3ccccc3C2)C2CCC1(C)C2(C)C. The van der Waals surface area contributed by atoms with Gasteiger partial charge in [0.1, 0.15) is 0 Å². The van der Waals surface area contributed by atoms with E-state index in [1.165, 1.54) is 25.7 Å². The molecule has 2 bridgehead atoms. The fourth-order valence-electron chi connectivity index (χ4n) is 6.17. The van der Waals surface area contributed by atoms with Gasteiger partial charge in [0.15, 0.2) is 0 Å². The molecule has 2 fully saturated rings. The summed E-state index contributed by atoms with van der Waals surface area (Å²) in [6, 6.07) is 9.01. The Bertz CT molecular complexity index is 736. The summed E-state index contributed by atoms with van der Waals surface area (Å²) in [6.07, 6.45) is 5.02. The van der Waals surface area contributed by atoms with E-state index in [0.29, 0.717) is 17.4 Å². The minimum atomic E-state index is 0.116. The molecular formula is C22H29O2Se+. The molecule has 2 unspecified atom stereocenters. The first kappa shape index (κ1) is 17.4. The van der Waals surface area contributed by atoms with Crippen LogP contribution in [0.25, 0.3) is 0 Å². The molecule has 0 radical (unpaired) electrons. The first-order chi connectivity index (χ1) is 11.8. The second-order valence-electron chi connectivity index (χ2n) is 8.76. The van der Waals surface area contributed by atoms with Gasteiger partial charge in [-0.05, 0) is 0 Å². The maximum atomic E-state index is 10.0. The number of hydrogen-bond acceptors (Lipinski definition) is 2. The third-order valence-electron chi connectivity index (χ3n) is 7.55. The van der Waals surface area contributed by atoms with Gasteiger partial charge in [-0.2, -0.15) is 0 Å². The van der Waals surface area contributed by atoms with Crippen molar-refractivity contribution >= 4 is 18.9 Å². The van der Waals surface area contributed by atoms with Crippen LogP contribution in [0.5, 0.6) is 0 Å². The second kappa shape index (κ2) is 5.72. The summed E-state index contributed by atoms with van der Waals surface area (Å²) < 4.78 is 7.02. The Morgan fingerprint density at radius 2 is 1.88 bits per heavy atom. The standard InChI is InChI=1S/C22H28O2Se/c1-5-24-18(23)14-25-19-21(4)11-10-17(20(21,2)3)22(19)12-15-8-6-7-9-16(15)13-22/h6-9,14,17H,5,10-13H2,1-4H3/p+1/b18-14+. The molecule has 1 aromatic carbocycles. The van der Waals surface area contributed by atoms with E-state index < -0.39 is 0 Å². The van der Waals surface area contributed by atoms with Crippen LogP contribution in [-0.2, 0) is 17.6 Å². The first-order valence-electron chi connectivity index (χ1n) is 9.48. The predicted molar refractivity (Wildman–Crippen MR) is 104 cm³/mol. The quantitative estimate of drug-likeness (QED) is 0.594. The zero-order valence-electron chi connectivity index (χ0n) is 15.8. The van der Waals surface area contributed by atoms with Gasteiger partial charge in [-0.3, -0.25) is 0 Å². The summed E-state index contributed by atoms with van der Waals surface area (Å²) in [5.74, 6) is 0.863. The van der Waals surface area contributed by atoms with Gasteiger partial charge in [-0.15, -0.1) is 0 Å². The molecule has 3 aliphatic carbocycles. The van der Waals surface area contributed by atoms with E-state index in [1.54, 1.807) is 15.5 Å². The van der Waals surface area contributed by atoms with Crippen molar-refractivity contribution in [3.63, 3.8) is 0 Å². The van der Waals surface area contributed by atoms with Crippen molar-refractivity contribution < 1.29 is 9.84 Å². The Morgan fingerprint density at radius 3 is 2.48 bits per heavy atom. The van der Waals surface area contributed by atoms with Crippen LogP contribution >= 0.6 is 0 Å². The molecule has 2 saturated carbocycles. The van der Waals surface area contributed by atoms with Crippen molar-refractivity contribution in [2.75, 3.05) is 6.61 Å².